The fourth-order valence-corrected chi connectivity index (χ4v) is 2.62. The molecule has 2 aliphatic rings. The number of hydrogen-bond donors (Lipinski definition) is 1. The molecule has 2 N–H and O–H groups in total. The molecule has 3 rings (SSSR count). The van der Waals surface area contributed by atoms with E-state index in [4.69, 9.17) is 10.5 Å². The van der Waals surface area contributed by atoms with E-state index in [0.717, 1.165) is 21.9 Å². The summed E-state index contributed by atoms with van der Waals surface area (Å²) >= 11 is 0. The Kier molecular flexibility index (Phi) is 4.18. The number of nitrogens with zero attached hydrogens (tertiary/aromatic N) is 2. The van der Waals surface area contributed by atoms with E-state index >= 15 is 0 Å². The molecule has 0 bridgehead atoms. The monoisotopic (exact) mass is 341 g/mol. The second-order valence-corrected chi connectivity index (χ2v) is 5.43. The third kappa shape index (κ3) is 2.71. The summed E-state index contributed by atoms with van der Waals surface area (Å²) < 4.78 is 48.0. The molecule has 0 aromatic heterocycles. The van der Waals surface area contributed by atoms with Crippen LogP contribution in [0.25, 0.3) is 0 Å². The van der Waals surface area contributed by atoms with Crippen molar-refractivity contribution >= 4 is 23.3 Å². The summed E-state index contributed by atoms with van der Waals surface area (Å²) in [5, 5.41) is 0. The van der Waals surface area contributed by atoms with Crippen molar-refractivity contribution in [3.05, 3.63) is 35.8 Å². The third-order valence-corrected chi connectivity index (χ3v) is 3.87. The van der Waals surface area contributed by atoms with Crippen LogP contribution >= 0.6 is 0 Å². The number of ether oxygens (including phenoxy) is 1. The Morgan fingerprint density at radius 2 is 2.00 bits per heavy atom. The first kappa shape index (κ1) is 16.3. The van der Waals surface area contributed by atoms with Crippen LogP contribution in [0.2, 0.25) is 0 Å². The second-order valence-electron chi connectivity index (χ2n) is 5.43. The summed E-state index contributed by atoms with van der Waals surface area (Å²) in [6, 6.07) is 0.734. The van der Waals surface area contributed by atoms with E-state index in [9.17, 15) is 22.8 Å². The van der Waals surface area contributed by atoms with Crippen molar-refractivity contribution < 1.29 is 27.5 Å². The predicted octanol–water partition coefficient (Wildman–Crippen LogP) is 1.68. The van der Waals surface area contributed by atoms with Crippen molar-refractivity contribution in [2.24, 2.45) is 5.73 Å². The highest BCUT2D eigenvalue weighted by Crippen LogP contribution is 2.35. The van der Waals surface area contributed by atoms with E-state index in [1.807, 2.05) is 0 Å². The summed E-state index contributed by atoms with van der Waals surface area (Å²) in [6.45, 7) is -0.0505. The van der Waals surface area contributed by atoms with Gasteiger partial charge in [0.2, 0.25) is 0 Å². The van der Waals surface area contributed by atoms with Crippen molar-refractivity contribution in [3.63, 3.8) is 0 Å². The summed E-state index contributed by atoms with van der Waals surface area (Å²) in [5.41, 5.74) is 4.22. The van der Waals surface area contributed by atoms with Crippen LogP contribution in [0.1, 0.15) is 6.42 Å². The van der Waals surface area contributed by atoms with Gasteiger partial charge in [0.25, 0.3) is 0 Å². The number of allylic oxidation sites excluding steroid dienone is 1. The minimum Gasteiger partial charge on any atom is -0.443 e. The lowest BCUT2D eigenvalue weighted by molar-refractivity contribution is -0.114. The SMILES string of the molecule is NCC1CN(c2cc(F)c(N3C=CC(=O)CC3)c(F)c2F)C(=O)O1. The summed E-state index contributed by atoms with van der Waals surface area (Å²) in [5.74, 6) is -4.04. The van der Waals surface area contributed by atoms with Crippen LogP contribution in [0.5, 0.6) is 0 Å². The number of cyclic esters (lactones) is 1. The van der Waals surface area contributed by atoms with E-state index in [1.165, 1.54) is 6.20 Å². The van der Waals surface area contributed by atoms with Crippen molar-refractivity contribution in [2.75, 3.05) is 29.4 Å². The zero-order chi connectivity index (χ0) is 17.4. The smallest absolute Gasteiger partial charge is 0.414 e. The minimum absolute atomic E-state index is 0.0134. The molecule has 24 heavy (non-hydrogen) atoms. The maximum atomic E-state index is 14.4. The first-order chi connectivity index (χ1) is 11.4. The Labute approximate surface area is 135 Å². The van der Waals surface area contributed by atoms with Crippen LogP contribution in [0.15, 0.2) is 18.3 Å². The van der Waals surface area contributed by atoms with Gasteiger partial charge in [0, 0.05) is 31.8 Å². The lowest BCUT2D eigenvalue weighted by Crippen LogP contribution is -2.30. The van der Waals surface area contributed by atoms with Crippen molar-refractivity contribution in [1.29, 1.82) is 0 Å². The molecular weight excluding hydrogens is 327 g/mol. The highest BCUT2D eigenvalue weighted by Gasteiger charge is 2.35. The Balaban J connectivity index is 1.99. The second kappa shape index (κ2) is 6.16. The Hall–Kier alpha value is -2.55. The van der Waals surface area contributed by atoms with Gasteiger partial charge in [-0.3, -0.25) is 9.69 Å². The first-order valence-corrected chi connectivity index (χ1v) is 7.25. The van der Waals surface area contributed by atoms with Gasteiger partial charge in [0.1, 0.15) is 11.8 Å². The molecule has 9 heteroatoms. The number of carbonyl (C=O) groups is 2. The lowest BCUT2D eigenvalue weighted by atomic mass is 10.1. The zero-order valence-corrected chi connectivity index (χ0v) is 12.5. The van der Waals surface area contributed by atoms with E-state index in [1.54, 1.807) is 0 Å². The average Bonchev–Trinajstić information content (AvgIpc) is 2.93. The first-order valence-electron chi connectivity index (χ1n) is 7.25. The van der Waals surface area contributed by atoms with Crippen LogP contribution < -0.4 is 15.5 Å². The molecule has 0 spiro atoms. The number of ketones is 1. The molecule has 1 amide bonds. The molecule has 1 atom stereocenters. The third-order valence-electron chi connectivity index (χ3n) is 3.87. The average molecular weight is 341 g/mol. The molecule has 6 nitrogen and oxygen atoms in total. The maximum absolute atomic E-state index is 14.4. The molecule has 1 saturated heterocycles. The van der Waals surface area contributed by atoms with Crippen LogP contribution in [0.4, 0.5) is 29.3 Å². The molecular formula is C15H14F3N3O3. The Morgan fingerprint density at radius 1 is 1.25 bits per heavy atom. The molecule has 0 radical (unpaired) electrons. The molecule has 1 fully saturated rings. The largest absolute Gasteiger partial charge is 0.443 e. The number of hydrogen-bond acceptors (Lipinski definition) is 5. The quantitative estimate of drug-likeness (QED) is 0.847. The van der Waals surface area contributed by atoms with E-state index in [-0.39, 0.29) is 31.8 Å². The number of benzene rings is 1. The number of amides is 1. The van der Waals surface area contributed by atoms with Crippen LogP contribution in [-0.4, -0.2) is 37.6 Å². The number of carbonyl (C=O) groups excluding carboxylic acids is 2. The van der Waals surface area contributed by atoms with Crippen LogP contribution in [0.3, 0.4) is 0 Å². The highest BCUT2D eigenvalue weighted by molar-refractivity contribution is 5.92. The number of rotatable bonds is 3. The normalized spacial score (nSPS) is 20.8. The standard InChI is InChI=1S/C15H14F3N3O3/c16-10-5-11(21-7-9(6-19)24-15(21)23)12(17)13(18)14(10)20-3-1-8(22)2-4-20/h1,3,5,9H,2,4,6-7,19H2. The lowest BCUT2D eigenvalue weighted by Gasteiger charge is -2.25. The molecule has 0 saturated carbocycles. The van der Waals surface area contributed by atoms with Crippen molar-refractivity contribution in [3.8, 4) is 0 Å². The number of halogens is 3. The van der Waals surface area contributed by atoms with Crippen molar-refractivity contribution in [1.82, 2.24) is 0 Å². The fourth-order valence-electron chi connectivity index (χ4n) is 2.62. The predicted molar refractivity (Wildman–Crippen MR) is 79.1 cm³/mol. The van der Waals surface area contributed by atoms with Crippen molar-refractivity contribution in [2.45, 2.75) is 12.5 Å². The molecule has 2 heterocycles. The van der Waals surface area contributed by atoms with E-state index < -0.39 is 41.0 Å². The highest BCUT2D eigenvalue weighted by atomic mass is 19.2. The van der Waals surface area contributed by atoms with E-state index in [2.05, 4.69) is 0 Å². The molecule has 0 aliphatic carbocycles. The Bertz CT molecular complexity index is 738. The maximum Gasteiger partial charge on any atom is 0.414 e. The zero-order valence-electron chi connectivity index (χ0n) is 12.5. The van der Waals surface area contributed by atoms with Gasteiger partial charge in [-0.15, -0.1) is 0 Å². The van der Waals surface area contributed by atoms with Gasteiger partial charge in [-0.1, -0.05) is 0 Å². The minimum atomic E-state index is -1.44. The topological polar surface area (TPSA) is 75.9 Å². The van der Waals surface area contributed by atoms with Gasteiger partial charge in [-0.2, -0.15) is 0 Å². The Morgan fingerprint density at radius 3 is 2.58 bits per heavy atom. The summed E-state index contributed by atoms with van der Waals surface area (Å²) in [4.78, 5) is 24.8. The van der Waals surface area contributed by atoms with Gasteiger partial charge in [0.15, 0.2) is 23.2 Å². The molecule has 128 valence electrons. The molecule has 2 aliphatic heterocycles. The van der Waals surface area contributed by atoms with Crippen LogP contribution in [0, 0.1) is 17.5 Å². The van der Waals surface area contributed by atoms with E-state index in [0.29, 0.717) is 0 Å². The summed E-state index contributed by atoms with van der Waals surface area (Å²) in [6.07, 6.45) is 0.840. The molecule has 1 aromatic carbocycles. The number of nitrogens with two attached hydrogens (primary N) is 1. The van der Waals surface area contributed by atoms with Gasteiger partial charge in [-0.05, 0) is 6.08 Å². The van der Waals surface area contributed by atoms with Crippen LogP contribution in [-0.2, 0) is 9.53 Å². The van der Waals surface area contributed by atoms with Gasteiger partial charge < -0.3 is 15.4 Å². The summed E-state index contributed by atoms with van der Waals surface area (Å²) in [7, 11) is 0. The molecule has 1 aromatic rings. The van der Waals surface area contributed by atoms with Gasteiger partial charge in [-0.25, -0.2) is 18.0 Å². The molecule has 1 unspecified atom stereocenters. The number of anilines is 2. The fraction of sp³-hybridized carbons (Fsp3) is 0.333. The van der Waals surface area contributed by atoms with Gasteiger partial charge in [0.05, 0.1) is 12.2 Å². The van der Waals surface area contributed by atoms with Gasteiger partial charge >= 0.3 is 6.09 Å².